The molecule has 2 atom stereocenters. The minimum absolute atomic E-state index is 0.0230. The summed E-state index contributed by atoms with van der Waals surface area (Å²) in [6.45, 7) is 8.59. The van der Waals surface area contributed by atoms with E-state index in [-0.39, 0.29) is 17.6 Å². The van der Waals surface area contributed by atoms with Gasteiger partial charge in [0.2, 0.25) is 5.91 Å². The summed E-state index contributed by atoms with van der Waals surface area (Å²) in [6, 6.07) is 0. The van der Waals surface area contributed by atoms with Crippen LogP contribution < -0.4 is 0 Å². The van der Waals surface area contributed by atoms with Crippen molar-refractivity contribution in [3.05, 3.63) is 0 Å². The number of amides is 1. The van der Waals surface area contributed by atoms with Crippen molar-refractivity contribution in [3.63, 3.8) is 0 Å². The fraction of sp³-hybridized carbons (Fsp3) is 0.938. The van der Waals surface area contributed by atoms with Crippen molar-refractivity contribution in [2.45, 2.75) is 51.2 Å². The first-order valence-corrected chi connectivity index (χ1v) is 8.34. The normalized spacial score (nSPS) is 30.8. The van der Waals surface area contributed by atoms with Gasteiger partial charge in [-0.15, -0.1) is 0 Å². The van der Waals surface area contributed by atoms with Crippen molar-refractivity contribution in [3.8, 4) is 0 Å². The predicted molar refractivity (Wildman–Crippen MR) is 82.3 cm³/mol. The van der Waals surface area contributed by atoms with Crippen molar-refractivity contribution >= 4 is 5.91 Å². The zero-order valence-electron chi connectivity index (χ0n) is 13.8. The maximum Gasteiger partial charge on any atom is 0.243 e. The van der Waals surface area contributed by atoms with Crippen LogP contribution in [0.1, 0.15) is 39.5 Å². The maximum atomic E-state index is 13.0. The third-order valence-electron chi connectivity index (χ3n) is 4.88. The van der Waals surface area contributed by atoms with Crippen molar-refractivity contribution in [2.24, 2.45) is 0 Å². The summed E-state index contributed by atoms with van der Waals surface area (Å²) in [5.74, 6) is 0.286. The largest absolute Gasteiger partial charge is 0.379 e. The minimum atomic E-state index is -0.286. The van der Waals surface area contributed by atoms with Crippen LogP contribution in [-0.4, -0.2) is 73.9 Å². The molecule has 5 nitrogen and oxygen atoms in total. The van der Waals surface area contributed by atoms with Gasteiger partial charge in [-0.05, 0) is 39.3 Å². The van der Waals surface area contributed by atoms with E-state index in [9.17, 15) is 4.79 Å². The molecule has 0 spiro atoms. The number of carbonyl (C=O) groups is 1. The molecule has 0 N–H and O–H groups in total. The molecule has 0 aromatic heterocycles. The summed E-state index contributed by atoms with van der Waals surface area (Å²) in [5, 5.41) is 0. The monoisotopic (exact) mass is 298 g/mol. The lowest BCUT2D eigenvalue weighted by Crippen LogP contribution is -2.59. The van der Waals surface area contributed by atoms with E-state index in [2.05, 4.69) is 25.8 Å². The number of carbonyl (C=O) groups excluding carboxylic acids is 1. The minimum Gasteiger partial charge on any atom is -0.379 e. The van der Waals surface area contributed by atoms with Gasteiger partial charge in [-0.3, -0.25) is 9.69 Å². The Labute approximate surface area is 128 Å². The van der Waals surface area contributed by atoms with Gasteiger partial charge in [-0.25, -0.2) is 0 Å². The fourth-order valence-corrected chi connectivity index (χ4v) is 3.54. The Hall–Kier alpha value is -0.650. The Morgan fingerprint density at radius 1 is 1.38 bits per heavy atom. The number of likely N-dealkylation sites (N-methyl/N-ethyl adjacent to an activating group) is 1. The average Bonchev–Trinajstić information content (AvgIpc) is 2.89. The second-order valence-corrected chi connectivity index (χ2v) is 6.23. The molecular weight excluding hydrogens is 268 g/mol. The van der Waals surface area contributed by atoms with E-state index in [1.807, 2.05) is 4.90 Å². The first-order valence-electron chi connectivity index (χ1n) is 8.34. The summed E-state index contributed by atoms with van der Waals surface area (Å²) < 4.78 is 11.3. The van der Waals surface area contributed by atoms with Crippen LogP contribution in [0.3, 0.4) is 0 Å². The molecule has 0 aromatic carbocycles. The van der Waals surface area contributed by atoms with Crippen LogP contribution in [0, 0.1) is 0 Å². The van der Waals surface area contributed by atoms with Crippen LogP contribution in [0.4, 0.5) is 0 Å². The standard InChI is InChI=1S/C16H30N2O3/c1-4-10-20-13-14-12-18(9-11-21-14)15(19)16(5-2)7-6-8-17(16)3/h14H,4-13H2,1-3H3. The Kier molecular flexibility index (Phi) is 6.02. The molecule has 5 heteroatoms. The van der Waals surface area contributed by atoms with Crippen LogP contribution in [0.15, 0.2) is 0 Å². The van der Waals surface area contributed by atoms with Crippen LogP contribution in [0.5, 0.6) is 0 Å². The first-order chi connectivity index (χ1) is 10.1. The Morgan fingerprint density at radius 3 is 2.81 bits per heavy atom. The van der Waals surface area contributed by atoms with Gasteiger partial charge in [-0.1, -0.05) is 13.8 Å². The van der Waals surface area contributed by atoms with Crippen molar-refractivity contribution in [2.75, 3.05) is 46.5 Å². The van der Waals surface area contributed by atoms with E-state index < -0.39 is 0 Å². The molecule has 2 rings (SSSR count). The Morgan fingerprint density at radius 2 is 2.19 bits per heavy atom. The second-order valence-electron chi connectivity index (χ2n) is 6.23. The molecule has 21 heavy (non-hydrogen) atoms. The van der Waals surface area contributed by atoms with Gasteiger partial charge in [0.1, 0.15) is 5.54 Å². The van der Waals surface area contributed by atoms with Gasteiger partial charge >= 0.3 is 0 Å². The van der Waals surface area contributed by atoms with Crippen LogP contribution in [-0.2, 0) is 14.3 Å². The molecule has 0 radical (unpaired) electrons. The van der Waals surface area contributed by atoms with Gasteiger partial charge < -0.3 is 14.4 Å². The topological polar surface area (TPSA) is 42.0 Å². The summed E-state index contributed by atoms with van der Waals surface area (Å²) >= 11 is 0. The van der Waals surface area contributed by atoms with Gasteiger partial charge in [0, 0.05) is 19.7 Å². The molecule has 2 heterocycles. The third-order valence-corrected chi connectivity index (χ3v) is 4.88. The number of hydrogen-bond donors (Lipinski definition) is 0. The van der Waals surface area contributed by atoms with Crippen molar-refractivity contribution in [1.29, 1.82) is 0 Å². The lowest BCUT2D eigenvalue weighted by Gasteiger charge is -2.41. The highest BCUT2D eigenvalue weighted by molar-refractivity contribution is 5.86. The number of ether oxygens (including phenoxy) is 2. The SMILES string of the molecule is CCCOCC1CN(C(=O)C2(CC)CCCN2C)CCO1. The molecule has 0 aromatic rings. The smallest absolute Gasteiger partial charge is 0.243 e. The quantitative estimate of drug-likeness (QED) is 0.697. The molecule has 2 aliphatic rings. The van der Waals surface area contributed by atoms with Gasteiger partial charge in [-0.2, -0.15) is 0 Å². The second kappa shape index (κ2) is 7.56. The summed E-state index contributed by atoms with van der Waals surface area (Å²) in [6.07, 6.45) is 4.02. The van der Waals surface area contributed by atoms with Crippen LogP contribution in [0.2, 0.25) is 0 Å². The van der Waals surface area contributed by atoms with E-state index >= 15 is 0 Å². The molecule has 0 aliphatic carbocycles. The van der Waals surface area contributed by atoms with Crippen molar-refractivity contribution in [1.82, 2.24) is 9.80 Å². The Bertz CT molecular complexity index is 350. The molecule has 2 fully saturated rings. The van der Waals surface area contributed by atoms with E-state index in [1.165, 1.54) is 0 Å². The van der Waals surface area contributed by atoms with E-state index in [0.717, 1.165) is 38.8 Å². The van der Waals surface area contributed by atoms with Crippen LogP contribution in [0.25, 0.3) is 0 Å². The predicted octanol–water partition coefficient (Wildman–Crippen LogP) is 1.51. The lowest BCUT2D eigenvalue weighted by molar-refractivity contribution is -0.152. The number of likely N-dealkylation sites (tertiary alicyclic amines) is 1. The molecule has 122 valence electrons. The first kappa shape index (κ1) is 16.7. The molecular formula is C16H30N2O3. The summed E-state index contributed by atoms with van der Waals surface area (Å²) in [7, 11) is 2.08. The number of morpholine rings is 1. The van der Waals surface area contributed by atoms with Crippen LogP contribution >= 0.6 is 0 Å². The van der Waals surface area contributed by atoms with E-state index in [0.29, 0.717) is 26.3 Å². The average molecular weight is 298 g/mol. The number of rotatable bonds is 6. The zero-order valence-corrected chi connectivity index (χ0v) is 13.8. The lowest BCUT2D eigenvalue weighted by atomic mass is 9.91. The summed E-state index contributed by atoms with van der Waals surface area (Å²) in [5.41, 5.74) is -0.286. The molecule has 2 unspecified atom stereocenters. The molecule has 0 bridgehead atoms. The zero-order chi connectivity index (χ0) is 15.3. The molecule has 1 amide bonds. The molecule has 2 aliphatic heterocycles. The number of hydrogen-bond acceptors (Lipinski definition) is 4. The molecule has 0 saturated carbocycles. The number of nitrogens with zero attached hydrogens (tertiary/aromatic N) is 2. The van der Waals surface area contributed by atoms with E-state index in [1.54, 1.807) is 0 Å². The van der Waals surface area contributed by atoms with E-state index in [4.69, 9.17) is 9.47 Å². The van der Waals surface area contributed by atoms with Crippen molar-refractivity contribution < 1.29 is 14.3 Å². The van der Waals surface area contributed by atoms with Gasteiger partial charge in [0.15, 0.2) is 0 Å². The third kappa shape index (κ3) is 3.58. The maximum absolute atomic E-state index is 13.0. The molecule has 2 saturated heterocycles. The summed E-state index contributed by atoms with van der Waals surface area (Å²) in [4.78, 5) is 17.3. The Balaban J connectivity index is 1.95. The van der Waals surface area contributed by atoms with Gasteiger partial charge in [0.05, 0.1) is 19.3 Å². The fourth-order valence-electron chi connectivity index (χ4n) is 3.54. The highest BCUT2D eigenvalue weighted by Crippen LogP contribution is 2.33. The highest BCUT2D eigenvalue weighted by Gasteiger charge is 2.46. The highest BCUT2D eigenvalue weighted by atomic mass is 16.5. The van der Waals surface area contributed by atoms with Gasteiger partial charge in [0.25, 0.3) is 0 Å².